The van der Waals surface area contributed by atoms with Crippen LogP contribution >= 0.6 is 11.8 Å². The highest BCUT2D eigenvalue weighted by Gasteiger charge is 2.27. The van der Waals surface area contributed by atoms with Crippen molar-refractivity contribution in [2.24, 2.45) is 0 Å². The molecule has 5 heteroatoms. The molecule has 0 aliphatic carbocycles. The molecule has 27 heavy (non-hydrogen) atoms. The van der Waals surface area contributed by atoms with Gasteiger partial charge in [0.05, 0.1) is 12.5 Å². The molecule has 1 aliphatic rings. The highest BCUT2D eigenvalue weighted by atomic mass is 32.2. The zero-order valence-corrected chi connectivity index (χ0v) is 16.2. The Hall–Kier alpha value is -2.53. The molecule has 0 fully saturated rings. The average molecular weight is 381 g/mol. The summed E-state index contributed by atoms with van der Waals surface area (Å²) in [4.78, 5) is 26.1. The molecule has 0 aromatic heterocycles. The summed E-state index contributed by atoms with van der Waals surface area (Å²) in [5.74, 6) is 1.71. The van der Waals surface area contributed by atoms with E-state index in [0.29, 0.717) is 6.54 Å². The van der Waals surface area contributed by atoms with Crippen molar-refractivity contribution in [2.45, 2.75) is 25.1 Å². The van der Waals surface area contributed by atoms with Gasteiger partial charge in [0.2, 0.25) is 11.8 Å². The monoisotopic (exact) mass is 380 g/mol. The quantitative estimate of drug-likeness (QED) is 0.739. The number of hydrogen-bond donors (Lipinski definition) is 1. The lowest BCUT2D eigenvalue weighted by atomic mass is 9.93. The van der Waals surface area contributed by atoms with Gasteiger partial charge in [0.15, 0.2) is 0 Å². The minimum absolute atomic E-state index is 0.0309. The Morgan fingerprint density at radius 3 is 2.59 bits per heavy atom. The lowest BCUT2D eigenvalue weighted by Gasteiger charge is -2.32. The number of amides is 2. The highest BCUT2D eigenvalue weighted by molar-refractivity contribution is 7.98. The summed E-state index contributed by atoms with van der Waals surface area (Å²) in [5, 5.41) is 2.98. The number of hydrogen-bond acceptors (Lipinski definition) is 3. The maximum absolute atomic E-state index is 12.4. The van der Waals surface area contributed by atoms with E-state index in [2.05, 4.69) is 17.4 Å². The van der Waals surface area contributed by atoms with Gasteiger partial charge < -0.3 is 10.2 Å². The molecule has 1 heterocycles. The van der Waals surface area contributed by atoms with E-state index in [1.807, 2.05) is 48.5 Å². The van der Waals surface area contributed by atoms with Crippen molar-refractivity contribution >= 4 is 29.7 Å². The Morgan fingerprint density at radius 2 is 1.81 bits per heavy atom. The Balaban J connectivity index is 1.50. The van der Waals surface area contributed by atoms with Crippen LogP contribution in [-0.4, -0.2) is 29.0 Å². The van der Waals surface area contributed by atoms with E-state index < -0.39 is 0 Å². The van der Waals surface area contributed by atoms with Crippen molar-refractivity contribution in [3.05, 3.63) is 77.5 Å². The van der Waals surface area contributed by atoms with E-state index >= 15 is 0 Å². The molecule has 0 spiro atoms. The van der Waals surface area contributed by atoms with Gasteiger partial charge in [-0.25, -0.2) is 0 Å². The molecule has 4 nitrogen and oxygen atoms in total. The fraction of sp³-hybridized carbons (Fsp3) is 0.273. The smallest absolute Gasteiger partial charge is 0.223 e. The first-order chi connectivity index (χ1) is 13.1. The molecule has 2 aromatic carbocycles. The molecule has 2 aromatic rings. The van der Waals surface area contributed by atoms with Gasteiger partial charge in [0, 0.05) is 31.2 Å². The first-order valence-corrected chi connectivity index (χ1v) is 10.2. The van der Waals surface area contributed by atoms with Gasteiger partial charge in [-0.05, 0) is 22.8 Å². The average Bonchev–Trinajstić information content (AvgIpc) is 2.68. The topological polar surface area (TPSA) is 49.4 Å². The Morgan fingerprint density at radius 1 is 1.07 bits per heavy atom. The zero-order chi connectivity index (χ0) is 19.1. The second-order valence-corrected chi connectivity index (χ2v) is 7.58. The number of nitrogens with zero attached hydrogens (tertiary/aromatic N) is 1. The Labute approximate surface area is 164 Å². The minimum Gasteiger partial charge on any atom is -0.355 e. The third-order valence-electron chi connectivity index (χ3n) is 4.53. The van der Waals surface area contributed by atoms with Crippen LogP contribution in [0.4, 0.5) is 0 Å². The number of thioether (sulfide) groups is 1. The summed E-state index contributed by atoms with van der Waals surface area (Å²) in [6.07, 6.45) is 3.97. The Bertz CT molecular complexity index is 820. The van der Waals surface area contributed by atoms with Crippen molar-refractivity contribution in [1.29, 1.82) is 0 Å². The van der Waals surface area contributed by atoms with E-state index in [4.69, 9.17) is 0 Å². The van der Waals surface area contributed by atoms with Gasteiger partial charge in [0.1, 0.15) is 0 Å². The third kappa shape index (κ3) is 5.23. The van der Waals surface area contributed by atoms with Gasteiger partial charge in [-0.2, -0.15) is 11.8 Å². The number of fused-ring (bicyclic) bond motifs is 1. The van der Waals surface area contributed by atoms with E-state index in [1.165, 1.54) is 12.5 Å². The van der Waals surface area contributed by atoms with Crippen molar-refractivity contribution in [3.63, 3.8) is 0 Å². The molecule has 0 bridgehead atoms. The van der Waals surface area contributed by atoms with Crippen LogP contribution in [0.1, 0.15) is 36.1 Å². The first kappa shape index (κ1) is 19.2. The molecule has 1 N–H and O–H groups in total. The highest BCUT2D eigenvalue weighted by Crippen LogP contribution is 2.32. The molecular weight excluding hydrogens is 356 g/mol. The van der Waals surface area contributed by atoms with Gasteiger partial charge in [-0.15, -0.1) is 0 Å². The van der Waals surface area contributed by atoms with E-state index in [1.54, 1.807) is 22.9 Å². The zero-order valence-electron chi connectivity index (χ0n) is 15.4. The van der Waals surface area contributed by atoms with Crippen molar-refractivity contribution < 1.29 is 9.59 Å². The summed E-state index contributed by atoms with van der Waals surface area (Å²) in [6.45, 7) is 2.16. The van der Waals surface area contributed by atoms with Crippen LogP contribution in [0.25, 0.3) is 6.08 Å². The van der Waals surface area contributed by atoms with Gasteiger partial charge in [-0.1, -0.05) is 54.6 Å². The predicted octanol–water partition coefficient (Wildman–Crippen LogP) is 4.00. The molecule has 1 aliphatic heterocycles. The van der Waals surface area contributed by atoms with E-state index in [9.17, 15) is 9.59 Å². The van der Waals surface area contributed by atoms with Crippen LogP contribution in [0.5, 0.6) is 0 Å². The van der Waals surface area contributed by atoms with Crippen LogP contribution in [0, 0.1) is 0 Å². The Kier molecular flexibility index (Phi) is 6.71. The molecule has 0 unspecified atom stereocenters. The van der Waals surface area contributed by atoms with Gasteiger partial charge in [0.25, 0.3) is 0 Å². The number of nitrogens with one attached hydrogen (secondary N) is 1. The second-order valence-electron chi connectivity index (χ2n) is 6.48. The molecular formula is C22H24N2O2S. The summed E-state index contributed by atoms with van der Waals surface area (Å²) in [5.41, 5.74) is 3.37. The standard InChI is InChI=1S/C22H24N2O2S/c1-17(25)24-13-11-19-9-5-6-10-20(19)21(24)15-22(26)23-12-14-27-16-18-7-3-2-4-8-18/h2-11,13,21H,12,14-16H2,1H3,(H,23,26)/t21-/m0/s1. The molecule has 0 saturated heterocycles. The first-order valence-electron chi connectivity index (χ1n) is 9.09. The summed E-state index contributed by atoms with van der Waals surface area (Å²) < 4.78 is 0. The van der Waals surface area contributed by atoms with E-state index in [-0.39, 0.29) is 24.3 Å². The lowest BCUT2D eigenvalue weighted by molar-refractivity contribution is -0.129. The lowest BCUT2D eigenvalue weighted by Crippen LogP contribution is -2.35. The fourth-order valence-electron chi connectivity index (χ4n) is 3.19. The van der Waals surface area contributed by atoms with Crippen molar-refractivity contribution in [3.8, 4) is 0 Å². The molecule has 1 atom stereocenters. The van der Waals surface area contributed by atoms with Crippen molar-refractivity contribution in [1.82, 2.24) is 10.2 Å². The maximum atomic E-state index is 12.4. The maximum Gasteiger partial charge on any atom is 0.223 e. The minimum atomic E-state index is -0.249. The summed E-state index contributed by atoms with van der Waals surface area (Å²) >= 11 is 1.80. The SMILES string of the molecule is CC(=O)N1C=Cc2ccccc2[C@@H]1CC(=O)NCCSCc1ccccc1. The second kappa shape index (κ2) is 9.42. The van der Waals surface area contributed by atoms with Crippen LogP contribution in [0.2, 0.25) is 0 Å². The van der Waals surface area contributed by atoms with Crippen LogP contribution in [-0.2, 0) is 15.3 Å². The van der Waals surface area contributed by atoms with Gasteiger partial charge >= 0.3 is 0 Å². The summed E-state index contributed by atoms with van der Waals surface area (Å²) in [6, 6.07) is 18.0. The van der Waals surface area contributed by atoms with Crippen LogP contribution in [0.15, 0.2) is 60.8 Å². The van der Waals surface area contributed by atoms with Crippen LogP contribution < -0.4 is 5.32 Å². The molecule has 0 saturated carbocycles. The fourth-order valence-corrected chi connectivity index (χ4v) is 4.01. The van der Waals surface area contributed by atoms with E-state index in [0.717, 1.165) is 22.6 Å². The molecule has 0 radical (unpaired) electrons. The van der Waals surface area contributed by atoms with Crippen molar-refractivity contribution in [2.75, 3.05) is 12.3 Å². The number of carbonyl (C=O) groups excluding carboxylic acids is 2. The summed E-state index contributed by atoms with van der Waals surface area (Å²) in [7, 11) is 0. The largest absolute Gasteiger partial charge is 0.355 e. The normalized spacial score (nSPS) is 15.3. The number of rotatable bonds is 7. The number of carbonyl (C=O) groups is 2. The molecule has 140 valence electrons. The molecule has 2 amide bonds. The van der Waals surface area contributed by atoms with Crippen LogP contribution in [0.3, 0.4) is 0 Å². The predicted molar refractivity (Wildman–Crippen MR) is 111 cm³/mol. The molecule has 3 rings (SSSR count). The van der Waals surface area contributed by atoms with Gasteiger partial charge in [-0.3, -0.25) is 9.59 Å². The number of benzene rings is 2. The third-order valence-corrected chi connectivity index (χ3v) is 5.56.